The molecule has 2 heterocycles. The molecule has 0 spiro atoms. The van der Waals surface area contributed by atoms with Crippen LogP contribution < -0.4 is 5.32 Å². The number of likely N-dealkylation sites (tertiary alicyclic amines) is 1. The average Bonchev–Trinajstić information content (AvgIpc) is 3.19. The van der Waals surface area contributed by atoms with Crippen LogP contribution in [-0.2, 0) is 16.0 Å². The molecule has 26 heavy (non-hydrogen) atoms. The van der Waals surface area contributed by atoms with Gasteiger partial charge in [-0.2, -0.15) is 0 Å². The number of carbonyl (C=O) groups excluding carboxylic acids is 1. The molecule has 2 saturated heterocycles. The minimum atomic E-state index is 0.132. The first kappa shape index (κ1) is 19.3. The molecule has 144 valence electrons. The number of rotatable bonds is 8. The number of nitrogens with one attached hydrogen (secondary N) is 1. The van der Waals surface area contributed by atoms with E-state index in [0.29, 0.717) is 19.1 Å². The maximum Gasteiger partial charge on any atom is 0.234 e. The van der Waals surface area contributed by atoms with Gasteiger partial charge >= 0.3 is 0 Å². The average molecular weight is 360 g/mol. The molecule has 5 nitrogen and oxygen atoms in total. The first-order valence-corrected chi connectivity index (χ1v) is 10.1. The van der Waals surface area contributed by atoms with Crippen molar-refractivity contribution in [1.29, 1.82) is 0 Å². The monoisotopic (exact) mass is 359 g/mol. The Balaban J connectivity index is 1.51. The summed E-state index contributed by atoms with van der Waals surface area (Å²) in [5, 5.41) is 3.09. The van der Waals surface area contributed by atoms with Gasteiger partial charge in [0.2, 0.25) is 5.91 Å². The number of hydrogen-bond acceptors (Lipinski definition) is 4. The van der Waals surface area contributed by atoms with Crippen LogP contribution in [0.1, 0.15) is 31.2 Å². The molecule has 0 saturated carbocycles. The number of piperidine rings is 1. The molecule has 1 atom stereocenters. The van der Waals surface area contributed by atoms with Crippen molar-refractivity contribution in [2.45, 2.75) is 44.2 Å². The molecule has 2 fully saturated rings. The highest BCUT2D eigenvalue weighted by Gasteiger charge is 2.25. The fraction of sp³-hybridized carbons (Fsp3) is 0.667. The number of nitrogens with zero attached hydrogens (tertiary/aromatic N) is 2. The standard InChI is InChI=1S/C21H33N3O2/c1-23-12-10-19(11-13-23)24(14-9-18-6-3-2-4-7-18)17-21(25)22-16-20-8-5-15-26-20/h2-4,6-7,19-20H,5,8-17H2,1H3,(H,22,25). The molecule has 0 radical (unpaired) electrons. The van der Waals surface area contributed by atoms with Crippen molar-refractivity contribution in [3.63, 3.8) is 0 Å². The lowest BCUT2D eigenvalue weighted by Crippen LogP contribution is -2.49. The second-order valence-electron chi connectivity index (χ2n) is 7.68. The molecule has 2 aliphatic heterocycles. The fourth-order valence-electron chi connectivity index (χ4n) is 3.94. The predicted octanol–water partition coefficient (Wildman–Crippen LogP) is 1.92. The van der Waals surface area contributed by atoms with E-state index in [-0.39, 0.29) is 12.0 Å². The van der Waals surface area contributed by atoms with E-state index in [1.54, 1.807) is 0 Å². The highest BCUT2D eigenvalue weighted by atomic mass is 16.5. The lowest BCUT2D eigenvalue weighted by molar-refractivity contribution is -0.123. The third-order valence-corrected chi connectivity index (χ3v) is 5.63. The number of ether oxygens (including phenoxy) is 1. The van der Waals surface area contributed by atoms with Crippen molar-refractivity contribution in [3.8, 4) is 0 Å². The summed E-state index contributed by atoms with van der Waals surface area (Å²) >= 11 is 0. The van der Waals surface area contributed by atoms with Crippen LogP contribution in [0.5, 0.6) is 0 Å². The summed E-state index contributed by atoms with van der Waals surface area (Å²) in [5.41, 5.74) is 1.34. The molecule has 2 aliphatic rings. The molecule has 0 bridgehead atoms. The van der Waals surface area contributed by atoms with E-state index in [0.717, 1.165) is 58.3 Å². The summed E-state index contributed by atoms with van der Waals surface area (Å²) in [6, 6.07) is 11.1. The van der Waals surface area contributed by atoms with Gasteiger partial charge in [0.1, 0.15) is 0 Å². The fourth-order valence-corrected chi connectivity index (χ4v) is 3.94. The van der Waals surface area contributed by atoms with Gasteiger partial charge in [-0.3, -0.25) is 9.69 Å². The Hall–Kier alpha value is -1.43. The molecule has 1 N–H and O–H groups in total. The number of benzene rings is 1. The van der Waals surface area contributed by atoms with Crippen LogP contribution in [-0.4, -0.2) is 74.2 Å². The van der Waals surface area contributed by atoms with Crippen molar-refractivity contribution >= 4 is 5.91 Å². The zero-order valence-corrected chi connectivity index (χ0v) is 16.0. The minimum Gasteiger partial charge on any atom is -0.376 e. The minimum absolute atomic E-state index is 0.132. The molecule has 0 aromatic heterocycles. The predicted molar refractivity (Wildman–Crippen MR) is 104 cm³/mol. The number of carbonyl (C=O) groups is 1. The van der Waals surface area contributed by atoms with Gasteiger partial charge < -0.3 is 15.0 Å². The maximum atomic E-state index is 12.5. The quantitative estimate of drug-likeness (QED) is 0.770. The molecule has 1 aromatic carbocycles. The van der Waals surface area contributed by atoms with Crippen LogP contribution >= 0.6 is 0 Å². The van der Waals surface area contributed by atoms with Gasteiger partial charge in [0.05, 0.1) is 12.6 Å². The van der Waals surface area contributed by atoms with E-state index in [1.807, 2.05) is 0 Å². The van der Waals surface area contributed by atoms with E-state index in [9.17, 15) is 4.79 Å². The van der Waals surface area contributed by atoms with E-state index >= 15 is 0 Å². The third-order valence-electron chi connectivity index (χ3n) is 5.63. The Kier molecular flexibility index (Phi) is 7.47. The van der Waals surface area contributed by atoms with E-state index in [4.69, 9.17) is 4.74 Å². The molecular weight excluding hydrogens is 326 g/mol. The molecule has 3 rings (SSSR count). The van der Waals surface area contributed by atoms with Crippen LogP contribution in [0.4, 0.5) is 0 Å². The van der Waals surface area contributed by atoms with Crippen LogP contribution in [0.3, 0.4) is 0 Å². The number of amides is 1. The molecule has 0 aliphatic carbocycles. The second-order valence-corrected chi connectivity index (χ2v) is 7.68. The summed E-state index contributed by atoms with van der Waals surface area (Å²) in [7, 11) is 2.18. The topological polar surface area (TPSA) is 44.8 Å². The van der Waals surface area contributed by atoms with Crippen molar-refractivity contribution in [2.75, 3.05) is 46.4 Å². The Morgan fingerprint density at radius 3 is 2.69 bits per heavy atom. The summed E-state index contributed by atoms with van der Waals surface area (Å²) < 4.78 is 5.61. The normalized spacial score (nSPS) is 22.0. The largest absolute Gasteiger partial charge is 0.376 e. The van der Waals surface area contributed by atoms with Crippen LogP contribution in [0.2, 0.25) is 0 Å². The smallest absolute Gasteiger partial charge is 0.234 e. The van der Waals surface area contributed by atoms with Crippen molar-refractivity contribution in [3.05, 3.63) is 35.9 Å². The maximum absolute atomic E-state index is 12.5. The van der Waals surface area contributed by atoms with Crippen molar-refractivity contribution in [2.24, 2.45) is 0 Å². The van der Waals surface area contributed by atoms with Gasteiger partial charge in [-0.1, -0.05) is 30.3 Å². The first-order chi connectivity index (χ1) is 12.7. The SMILES string of the molecule is CN1CCC(N(CCc2ccccc2)CC(=O)NCC2CCCO2)CC1. The molecule has 1 aromatic rings. The Morgan fingerprint density at radius 1 is 1.23 bits per heavy atom. The Bertz CT molecular complexity index is 537. The zero-order valence-electron chi connectivity index (χ0n) is 16.0. The summed E-state index contributed by atoms with van der Waals surface area (Å²) in [6.45, 7) is 5.14. The highest BCUT2D eigenvalue weighted by molar-refractivity contribution is 5.78. The Labute approximate surface area is 157 Å². The summed E-state index contributed by atoms with van der Waals surface area (Å²) in [5.74, 6) is 0.132. The summed E-state index contributed by atoms with van der Waals surface area (Å²) in [6.07, 6.45) is 5.66. The van der Waals surface area contributed by atoms with Gasteiger partial charge in [0, 0.05) is 25.7 Å². The van der Waals surface area contributed by atoms with Crippen LogP contribution in [0.15, 0.2) is 30.3 Å². The summed E-state index contributed by atoms with van der Waals surface area (Å²) in [4.78, 5) is 17.3. The van der Waals surface area contributed by atoms with E-state index in [2.05, 4.69) is 52.5 Å². The van der Waals surface area contributed by atoms with Gasteiger partial charge in [-0.25, -0.2) is 0 Å². The highest BCUT2D eigenvalue weighted by Crippen LogP contribution is 2.16. The lowest BCUT2D eigenvalue weighted by atomic mass is 10.0. The van der Waals surface area contributed by atoms with E-state index in [1.165, 1.54) is 5.56 Å². The zero-order chi connectivity index (χ0) is 18.2. The third kappa shape index (κ3) is 6.08. The molecule has 1 amide bonds. The van der Waals surface area contributed by atoms with Gasteiger partial charge in [0.15, 0.2) is 0 Å². The molecule has 1 unspecified atom stereocenters. The van der Waals surface area contributed by atoms with Crippen molar-refractivity contribution in [1.82, 2.24) is 15.1 Å². The van der Waals surface area contributed by atoms with E-state index < -0.39 is 0 Å². The molecular formula is C21H33N3O2. The van der Waals surface area contributed by atoms with Gasteiger partial charge in [-0.15, -0.1) is 0 Å². The lowest BCUT2D eigenvalue weighted by Gasteiger charge is -2.37. The van der Waals surface area contributed by atoms with Crippen LogP contribution in [0, 0.1) is 0 Å². The first-order valence-electron chi connectivity index (χ1n) is 10.1. The second kappa shape index (κ2) is 10.0. The number of hydrogen-bond donors (Lipinski definition) is 1. The van der Waals surface area contributed by atoms with Gasteiger partial charge in [0.25, 0.3) is 0 Å². The van der Waals surface area contributed by atoms with Crippen molar-refractivity contribution < 1.29 is 9.53 Å². The van der Waals surface area contributed by atoms with Gasteiger partial charge in [-0.05, 0) is 57.8 Å². The van der Waals surface area contributed by atoms with Crippen LogP contribution in [0.25, 0.3) is 0 Å². The molecule has 5 heteroatoms. The Morgan fingerprint density at radius 2 is 2.00 bits per heavy atom.